The lowest BCUT2D eigenvalue weighted by Gasteiger charge is -2.48. The molecule has 5 heterocycles. The molecule has 5 aliphatic heterocycles. The number of hydrogen-bond donors (Lipinski definition) is 1. The molecule has 0 aromatic heterocycles. The maximum Gasteiger partial charge on any atom is 0.410 e. The van der Waals surface area contributed by atoms with Gasteiger partial charge in [0.1, 0.15) is 11.6 Å². The Kier molecular flexibility index (Phi) is 7.91. The number of likely N-dealkylation sites (tertiary alicyclic amines) is 2. The van der Waals surface area contributed by atoms with Crippen LogP contribution in [0.5, 0.6) is 0 Å². The van der Waals surface area contributed by atoms with Crippen molar-refractivity contribution in [2.75, 3.05) is 63.8 Å². The minimum atomic E-state index is -0.581. The molecule has 42 heavy (non-hydrogen) atoms. The SMILES string of the molecule is CC(C)(C)OC(=O)N1CC(N2CCC(CN3CCN(c4ccc5c(c4)CN([C@H]4CCC(=O)NC4=O)C5=O)CC3)CC2)C1. The van der Waals surface area contributed by atoms with Gasteiger partial charge >= 0.3 is 6.09 Å². The predicted molar refractivity (Wildman–Crippen MR) is 157 cm³/mol. The third-order valence-electron chi connectivity index (χ3n) is 9.44. The Balaban J connectivity index is 0.932. The van der Waals surface area contributed by atoms with Crippen LogP contribution in [0.25, 0.3) is 0 Å². The number of carbonyl (C=O) groups excluding carboxylic acids is 4. The lowest BCUT2D eigenvalue weighted by Crippen LogP contribution is -2.63. The van der Waals surface area contributed by atoms with Gasteiger partial charge in [0.05, 0.1) is 0 Å². The third-order valence-corrected chi connectivity index (χ3v) is 9.44. The first-order chi connectivity index (χ1) is 20.0. The van der Waals surface area contributed by atoms with Crippen LogP contribution < -0.4 is 10.2 Å². The van der Waals surface area contributed by atoms with Crippen molar-refractivity contribution in [3.05, 3.63) is 29.3 Å². The number of nitrogens with one attached hydrogen (secondary N) is 1. The number of benzene rings is 1. The zero-order chi connectivity index (χ0) is 29.6. The molecule has 0 spiro atoms. The molecule has 11 nitrogen and oxygen atoms in total. The number of anilines is 1. The molecule has 0 saturated carbocycles. The first kappa shape index (κ1) is 28.9. The van der Waals surface area contributed by atoms with Crippen LogP contribution in [0.15, 0.2) is 18.2 Å². The number of fused-ring (bicyclic) bond motifs is 1. The van der Waals surface area contributed by atoms with Gasteiger partial charge in [-0.15, -0.1) is 0 Å². The second-order valence-electron chi connectivity index (χ2n) is 13.5. The maximum absolute atomic E-state index is 13.0. The average Bonchev–Trinajstić information content (AvgIpc) is 3.23. The van der Waals surface area contributed by atoms with Gasteiger partial charge in [-0.3, -0.25) is 29.5 Å². The number of piperazine rings is 1. The minimum absolute atomic E-state index is 0.125. The molecular formula is C31H44N6O5. The van der Waals surface area contributed by atoms with Crippen molar-refractivity contribution < 1.29 is 23.9 Å². The lowest BCUT2D eigenvalue weighted by molar-refractivity contribution is -0.136. The Morgan fingerprint density at radius 2 is 1.69 bits per heavy atom. The third kappa shape index (κ3) is 6.13. The molecule has 228 valence electrons. The molecule has 4 saturated heterocycles. The van der Waals surface area contributed by atoms with Crippen LogP contribution in [0.1, 0.15) is 62.4 Å². The largest absolute Gasteiger partial charge is 0.444 e. The van der Waals surface area contributed by atoms with Crippen molar-refractivity contribution in [3.8, 4) is 0 Å². The summed E-state index contributed by atoms with van der Waals surface area (Å²) >= 11 is 0. The summed E-state index contributed by atoms with van der Waals surface area (Å²) in [6.07, 6.45) is 2.85. The van der Waals surface area contributed by atoms with Gasteiger partial charge in [0, 0.05) is 76.1 Å². The van der Waals surface area contributed by atoms with Gasteiger partial charge in [-0.05, 0) is 82.8 Å². The highest BCUT2D eigenvalue weighted by Gasteiger charge is 2.40. The Bertz CT molecular complexity index is 1220. The van der Waals surface area contributed by atoms with Crippen LogP contribution in [-0.2, 0) is 20.9 Å². The van der Waals surface area contributed by atoms with Crippen LogP contribution in [0.3, 0.4) is 0 Å². The summed E-state index contributed by atoms with van der Waals surface area (Å²) in [5.41, 5.74) is 2.29. The van der Waals surface area contributed by atoms with E-state index >= 15 is 0 Å². The number of piperidine rings is 2. The quantitative estimate of drug-likeness (QED) is 0.527. The number of nitrogens with zero attached hydrogens (tertiary/aromatic N) is 5. The van der Waals surface area contributed by atoms with Crippen molar-refractivity contribution in [1.82, 2.24) is 24.9 Å². The molecule has 4 amide bonds. The van der Waals surface area contributed by atoms with Gasteiger partial charge in [-0.1, -0.05) is 0 Å². The first-order valence-electron chi connectivity index (χ1n) is 15.5. The highest BCUT2D eigenvalue weighted by molar-refractivity contribution is 6.05. The Morgan fingerprint density at radius 1 is 0.976 bits per heavy atom. The van der Waals surface area contributed by atoms with Gasteiger partial charge in [0.15, 0.2) is 0 Å². The summed E-state index contributed by atoms with van der Waals surface area (Å²) in [4.78, 5) is 60.1. The second-order valence-corrected chi connectivity index (χ2v) is 13.5. The van der Waals surface area contributed by atoms with E-state index < -0.39 is 11.6 Å². The molecule has 1 N–H and O–H groups in total. The summed E-state index contributed by atoms with van der Waals surface area (Å²) in [7, 11) is 0. The van der Waals surface area contributed by atoms with E-state index in [-0.39, 0.29) is 30.2 Å². The molecule has 0 radical (unpaired) electrons. The van der Waals surface area contributed by atoms with E-state index in [2.05, 4.69) is 26.1 Å². The highest BCUT2D eigenvalue weighted by atomic mass is 16.6. The summed E-state index contributed by atoms with van der Waals surface area (Å²) in [5.74, 6) is -0.0600. The van der Waals surface area contributed by atoms with Crippen molar-refractivity contribution >= 4 is 29.5 Å². The summed E-state index contributed by atoms with van der Waals surface area (Å²) in [5, 5.41) is 2.37. The molecule has 0 aliphatic carbocycles. The van der Waals surface area contributed by atoms with Crippen molar-refractivity contribution in [2.45, 2.75) is 70.7 Å². The van der Waals surface area contributed by atoms with E-state index in [1.54, 1.807) is 4.90 Å². The molecular weight excluding hydrogens is 536 g/mol. The van der Waals surface area contributed by atoms with Crippen molar-refractivity contribution in [1.29, 1.82) is 0 Å². The standard InChI is InChI=1S/C31H44N6O5/c1-31(2,3)42-30(41)36-19-24(20-36)34-10-8-21(9-11-34)17-33-12-14-35(15-13-33)23-4-5-25-22(16-23)18-37(29(25)40)26-6-7-27(38)32-28(26)39/h4-5,16,21,24,26H,6-15,17-20H2,1-3H3,(H,32,38,39)/t26-/m0/s1. The van der Waals surface area contributed by atoms with Gasteiger partial charge < -0.3 is 19.4 Å². The van der Waals surface area contributed by atoms with Gasteiger partial charge in [0.2, 0.25) is 11.8 Å². The van der Waals surface area contributed by atoms with Crippen LogP contribution in [0, 0.1) is 5.92 Å². The normalized spacial score (nSPS) is 25.0. The van der Waals surface area contributed by atoms with E-state index in [9.17, 15) is 19.2 Å². The number of amides is 4. The van der Waals surface area contributed by atoms with E-state index in [4.69, 9.17) is 4.74 Å². The number of carbonyl (C=O) groups is 4. The summed E-state index contributed by atoms with van der Waals surface area (Å²) < 4.78 is 5.49. The van der Waals surface area contributed by atoms with E-state index in [0.717, 1.165) is 70.2 Å². The highest BCUT2D eigenvalue weighted by Crippen LogP contribution is 2.31. The van der Waals surface area contributed by atoms with Crippen LogP contribution in [-0.4, -0.2) is 120 Å². The molecule has 5 aliphatic rings. The molecule has 0 bridgehead atoms. The van der Waals surface area contributed by atoms with Gasteiger partial charge in [0.25, 0.3) is 5.91 Å². The fraction of sp³-hybridized carbons (Fsp3) is 0.677. The lowest BCUT2D eigenvalue weighted by atomic mass is 9.93. The van der Waals surface area contributed by atoms with Crippen molar-refractivity contribution in [3.63, 3.8) is 0 Å². The molecule has 0 unspecified atom stereocenters. The first-order valence-corrected chi connectivity index (χ1v) is 15.5. The fourth-order valence-electron chi connectivity index (χ4n) is 6.97. The zero-order valence-corrected chi connectivity index (χ0v) is 25.1. The minimum Gasteiger partial charge on any atom is -0.444 e. The molecule has 1 atom stereocenters. The Labute approximate surface area is 248 Å². The smallest absolute Gasteiger partial charge is 0.410 e. The van der Waals surface area contributed by atoms with Crippen molar-refractivity contribution in [2.24, 2.45) is 5.92 Å². The monoisotopic (exact) mass is 580 g/mol. The molecule has 4 fully saturated rings. The molecule has 11 heteroatoms. The van der Waals surface area contributed by atoms with Gasteiger partial charge in [-0.2, -0.15) is 0 Å². The fourth-order valence-corrected chi connectivity index (χ4v) is 6.97. The van der Waals surface area contributed by atoms with E-state index in [1.807, 2.05) is 37.8 Å². The van der Waals surface area contributed by atoms with Gasteiger partial charge in [-0.25, -0.2) is 4.79 Å². The molecule has 1 aromatic rings. The van der Waals surface area contributed by atoms with E-state index in [0.29, 0.717) is 30.5 Å². The van der Waals surface area contributed by atoms with Crippen LogP contribution >= 0.6 is 0 Å². The predicted octanol–water partition coefficient (Wildman–Crippen LogP) is 1.90. The number of hydrogen-bond acceptors (Lipinski definition) is 8. The number of ether oxygens (including phenoxy) is 1. The van der Waals surface area contributed by atoms with Crippen LogP contribution in [0.4, 0.5) is 10.5 Å². The topological polar surface area (TPSA) is 106 Å². The zero-order valence-electron chi connectivity index (χ0n) is 25.1. The summed E-state index contributed by atoms with van der Waals surface area (Å²) in [6.45, 7) is 14.9. The molecule has 6 rings (SSSR count). The Morgan fingerprint density at radius 3 is 2.36 bits per heavy atom. The maximum atomic E-state index is 13.0. The second kappa shape index (κ2) is 11.5. The summed E-state index contributed by atoms with van der Waals surface area (Å²) in [6, 6.07) is 5.91. The van der Waals surface area contributed by atoms with Crippen LogP contribution in [0.2, 0.25) is 0 Å². The number of imide groups is 1. The Hall–Kier alpha value is -3.18. The average molecular weight is 581 g/mol. The molecule has 1 aromatic carbocycles. The number of rotatable bonds is 5. The van der Waals surface area contributed by atoms with E-state index in [1.165, 1.54) is 12.8 Å².